The molecule has 1 aliphatic heterocycles. The number of phenols is 1. The Labute approximate surface area is 166 Å². The number of hydrogen-bond acceptors (Lipinski definition) is 3. The number of phenolic OH excluding ortho intramolecular Hbond substituents is 1. The number of anilines is 1. The molecule has 1 N–H and O–H groups in total. The van der Waals surface area contributed by atoms with Crippen LogP contribution in [0.25, 0.3) is 0 Å². The first-order valence-electron chi connectivity index (χ1n) is 9.37. The molecule has 27 heavy (non-hydrogen) atoms. The molecule has 144 valence electrons. The highest BCUT2D eigenvalue weighted by molar-refractivity contribution is 8.00. The molecule has 1 heterocycles. The summed E-state index contributed by atoms with van der Waals surface area (Å²) < 4.78 is 0. The molecule has 1 fully saturated rings. The second-order valence-corrected chi connectivity index (χ2v) is 10.3. The first kappa shape index (κ1) is 19.8. The van der Waals surface area contributed by atoms with Crippen molar-refractivity contribution in [3.8, 4) is 5.75 Å². The van der Waals surface area contributed by atoms with Crippen LogP contribution < -0.4 is 4.90 Å². The lowest BCUT2D eigenvalue weighted by molar-refractivity contribution is -0.115. The van der Waals surface area contributed by atoms with Crippen LogP contribution in [-0.4, -0.2) is 16.8 Å². The van der Waals surface area contributed by atoms with Gasteiger partial charge < -0.3 is 5.11 Å². The molecule has 1 atom stereocenters. The Balaban J connectivity index is 2.17. The molecule has 3 rings (SSSR count). The lowest BCUT2D eigenvalue weighted by Crippen LogP contribution is -2.28. The predicted octanol–water partition coefficient (Wildman–Crippen LogP) is 5.77. The molecule has 0 saturated carbocycles. The fourth-order valence-electron chi connectivity index (χ4n) is 3.48. The van der Waals surface area contributed by atoms with Gasteiger partial charge in [0.25, 0.3) is 0 Å². The molecule has 1 saturated heterocycles. The van der Waals surface area contributed by atoms with Crippen molar-refractivity contribution >= 4 is 23.4 Å². The lowest BCUT2D eigenvalue weighted by atomic mass is 9.78. The van der Waals surface area contributed by atoms with Gasteiger partial charge in [0.1, 0.15) is 11.1 Å². The van der Waals surface area contributed by atoms with Gasteiger partial charge in [-0.25, -0.2) is 0 Å². The standard InChI is InChI=1S/C23H29NO2S/c1-22(2,3)17-12-15(13-18(20(17)26)23(4,5)6)21-24(19(25)14-27-21)16-10-8-7-9-11-16/h7-13,21,26H,14H2,1-6H3. The van der Waals surface area contributed by atoms with Gasteiger partial charge in [-0.1, -0.05) is 59.7 Å². The number of rotatable bonds is 2. The van der Waals surface area contributed by atoms with Crippen molar-refractivity contribution in [2.24, 2.45) is 0 Å². The average molecular weight is 384 g/mol. The molecule has 0 bridgehead atoms. The van der Waals surface area contributed by atoms with Gasteiger partial charge in [-0.15, -0.1) is 11.8 Å². The third-order valence-electron chi connectivity index (χ3n) is 4.94. The number of amides is 1. The van der Waals surface area contributed by atoms with Gasteiger partial charge in [0.05, 0.1) is 5.75 Å². The van der Waals surface area contributed by atoms with Crippen molar-refractivity contribution in [3.05, 3.63) is 59.2 Å². The Kier molecular flexibility index (Phi) is 5.06. The summed E-state index contributed by atoms with van der Waals surface area (Å²) in [5, 5.41) is 10.9. The number of carbonyl (C=O) groups excluding carboxylic acids is 1. The van der Waals surface area contributed by atoms with Gasteiger partial charge in [-0.2, -0.15) is 0 Å². The van der Waals surface area contributed by atoms with Crippen LogP contribution in [0.4, 0.5) is 5.69 Å². The second-order valence-electron chi connectivity index (χ2n) is 9.23. The molecule has 0 aliphatic carbocycles. The number of benzene rings is 2. The Bertz CT molecular complexity index is 812. The second kappa shape index (κ2) is 6.90. The maximum absolute atomic E-state index is 12.6. The van der Waals surface area contributed by atoms with E-state index < -0.39 is 0 Å². The van der Waals surface area contributed by atoms with Crippen LogP contribution in [0.1, 0.15) is 63.6 Å². The van der Waals surface area contributed by atoms with Crippen LogP contribution in [0.2, 0.25) is 0 Å². The minimum absolute atomic E-state index is 0.0808. The molecule has 3 nitrogen and oxygen atoms in total. The summed E-state index contributed by atoms with van der Waals surface area (Å²) in [6, 6.07) is 14.0. The summed E-state index contributed by atoms with van der Waals surface area (Å²) in [6.45, 7) is 12.7. The first-order valence-corrected chi connectivity index (χ1v) is 10.4. The highest BCUT2D eigenvalue weighted by Gasteiger charge is 2.36. The highest BCUT2D eigenvalue weighted by atomic mass is 32.2. The van der Waals surface area contributed by atoms with Crippen LogP contribution in [0.3, 0.4) is 0 Å². The minimum Gasteiger partial charge on any atom is -0.507 e. The van der Waals surface area contributed by atoms with Crippen molar-refractivity contribution in [3.63, 3.8) is 0 Å². The average Bonchev–Trinajstić information content (AvgIpc) is 2.95. The van der Waals surface area contributed by atoms with Crippen molar-refractivity contribution < 1.29 is 9.90 Å². The molecule has 0 radical (unpaired) electrons. The fraction of sp³-hybridized carbons (Fsp3) is 0.435. The zero-order chi connectivity index (χ0) is 20.0. The number of carbonyl (C=O) groups is 1. The summed E-state index contributed by atoms with van der Waals surface area (Å²) in [5.74, 6) is 0.967. The van der Waals surface area contributed by atoms with Gasteiger partial charge >= 0.3 is 0 Å². The van der Waals surface area contributed by atoms with E-state index in [9.17, 15) is 9.90 Å². The van der Waals surface area contributed by atoms with Crippen LogP contribution in [0.5, 0.6) is 5.75 Å². The zero-order valence-corrected chi connectivity index (χ0v) is 17.9. The molecular weight excluding hydrogens is 354 g/mol. The number of nitrogens with zero attached hydrogens (tertiary/aromatic N) is 1. The molecular formula is C23H29NO2S. The molecule has 4 heteroatoms. The third kappa shape index (κ3) is 3.86. The molecule has 1 aliphatic rings. The summed E-state index contributed by atoms with van der Waals surface area (Å²) in [4.78, 5) is 14.5. The van der Waals surface area contributed by atoms with Crippen molar-refractivity contribution in [2.75, 3.05) is 10.7 Å². The normalized spacial score (nSPS) is 18.2. The zero-order valence-electron chi connectivity index (χ0n) is 17.0. The van der Waals surface area contributed by atoms with E-state index in [1.54, 1.807) is 11.8 Å². The monoisotopic (exact) mass is 383 g/mol. The molecule has 2 aromatic rings. The Morgan fingerprint density at radius 1 is 0.963 bits per heavy atom. The largest absolute Gasteiger partial charge is 0.507 e. The quantitative estimate of drug-likeness (QED) is 0.716. The van der Waals surface area contributed by atoms with Crippen LogP contribution in [0, 0.1) is 0 Å². The maximum Gasteiger partial charge on any atom is 0.238 e. The van der Waals surface area contributed by atoms with E-state index >= 15 is 0 Å². The van der Waals surface area contributed by atoms with Gasteiger partial charge in [0.2, 0.25) is 5.91 Å². The molecule has 2 aromatic carbocycles. The number of para-hydroxylation sites is 1. The van der Waals surface area contributed by atoms with E-state index in [0.717, 1.165) is 22.4 Å². The van der Waals surface area contributed by atoms with Crippen LogP contribution in [-0.2, 0) is 15.6 Å². The third-order valence-corrected chi connectivity index (χ3v) is 6.15. The van der Waals surface area contributed by atoms with Crippen LogP contribution >= 0.6 is 11.8 Å². The topological polar surface area (TPSA) is 40.5 Å². The number of hydrogen-bond donors (Lipinski definition) is 1. The van der Waals surface area contributed by atoms with E-state index in [0.29, 0.717) is 11.5 Å². The molecule has 0 spiro atoms. The van der Waals surface area contributed by atoms with Crippen molar-refractivity contribution in [1.29, 1.82) is 0 Å². The van der Waals surface area contributed by atoms with E-state index in [-0.39, 0.29) is 22.1 Å². The number of thioether (sulfide) groups is 1. The summed E-state index contributed by atoms with van der Waals surface area (Å²) >= 11 is 1.65. The van der Waals surface area contributed by atoms with E-state index in [1.165, 1.54) is 0 Å². The number of aromatic hydroxyl groups is 1. The minimum atomic E-state index is -0.190. The van der Waals surface area contributed by atoms with Crippen molar-refractivity contribution in [2.45, 2.75) is 57.7 Å². The summed E-state index contributed by atoms with van der Waals surface area (Å²) in [6.07, 6.45) is 0. The van der Waals surface area contributed by atoms with Gasteiger partial charge in [0, 0.05) is 5.69 Å². The molecule has 1 unspecified atom stereocenters. The van der Waals surface area contributed by atoms with E-state index in [4.69, 9.17) is 0 Å². The lowest BCUT2D eigenvalue weighted by Gasteiger charge is -2.31. The van der Waals surface area contributed by atoms with E-state index in [1.807, 2.05) is 35.2 Å². The Hall–Kier alpha value is -1.94. The molecule has 1 amide bonds. The van der Waals surface area contributed by atoms with Crippen molar-refractivity contribution in [1.82, 2.24) is 0 Å². The van der Waals surface area contributed by atoms with Gasteiger partial charge in [-0.3, -0.25) is 9.69 Å². The fourth-order valence-corrected chi connectivity index (χ4v) is 4.64. The van der Waals surface area contributed by atoms with E-state index in [2.05, 4.69) is 53.7 Å². The van der Waals surface area contributed by atoms with Crippen LogP contribution in [0.15, 0.2) is 42.5 Å². The SMILES string of the molecule is CC(C)(C)c1cc(C2SCC(=O)N2c2ccccc2)cc(C(C)(C)C)c1O. The first-order chi connectivity index (χ1) is 12.5. The maximum atomic E-state index is 12.6. The Morgan fingerprint density at radius 3 is 1.96 bits per heavy atom. The van der Waals surface area contributed by atoms with Gasteiger partial charge in [0.15, 0.2) is 0 Å². The summed E-state index contributed by atoms with van der Waals surface area (Å²) in [7, 11) is 0. The Morgan fingerprint density at radius 2 is 1.48 bits per heavy atom. The highest BCUT2D eigenvalue weighted by Crippen LogP contribution is 2.46. The smallest absolute Gasteiger partial charge is 0.238 e. The van der Waals surface area contributed by atoms with Gasteiger partial charge in [-0.05, 0) is 51.8 Å². The summed E-state index contributed by atoms with van der Waals surface area (Å²) in [5.41, 5.74) is 3.47. The predicted molar refractivity (Wildman–Crippen MR) is 115 cm³/mol. The molecule has 0 aromatic heterocycles.